The van der Waals surface area contributed by atoms with Gasteiger partial charge in [-0.2, -0.15) is 0 Å². The number of carbonyl (C=O) groups excluding carboxylic acids is 3. The third-order valence-electron chi connectivity index (χ3n) is 5.88. The Morgan fingerprint density at radius 3 is 1.85 bits per heavy atom. The minimum atomic E-state index is -0.883. The Bertz CT molecular complexity index is 764. The van der Waals surface area contributed by atoms with Crippen molar-refractivity contribution in [3.05, 3.63) is 29.3 Å². The first-order chi connectivity index (χ1) is 11.9. The fraction of sp³-hybridized carbons (Fsp3) is 0.571. The van der Waals surface area contributed by atoms with Crippen LogP contribution in [0.3, 0.4) is 0 Å². The van der Waals surface area contributed by atoms with E-state index in [4.69, 9.17) is 4.74 Å². The minimum absolute atomic E-state index is 0.204. The van der Waals surface area contributed by atoms with E-state index in [1.165, 1.54) is 11.9 Å². The number of carbonyl (C=O) groups is 3. The van der Waals surface area contributed by atoms with Crippen molar-refractivity contribution in [1.82, 2.24) is 4.90 Å². The van der Waals surface area contributed by atoms with E-state index in [-0.39, 0.29) is 17.8 Å². The van der Waals surface area contributed by atoms with Crippen LogP contribution in [0.15, 0.2) is 18.2 Å². The van der Waals surface area contributed by atoms with Gasteiger partial charge < -0.3 is 4.74 Å². The van der Waals surface area contributed by atoms with E-state index in [9.17, 15) is 14.4 Å². The van der Waals surface area contributed by atoms with Crippen molar-refractivity contribution in [2.75, 3.05) is 7.05 Å². The van der Waals surface area contributed by atoms with E-state index in [0.717, 1.165) is 11.1 Å². The molecule has 1 aromatic carbocycles. The predicted molar refractivity (Wildman–Crippen MR) is 97.5 cm³/mol. The average molecular weight is 357 g/mol. The number of fused-ring (bicyclic) bond motifs is 2. The first-order valence-corrected chi connectivity index (χ1v) is 9.02. The van der Waals surface area contributed by atoms with Gasteiger partial charge in [-0.1, -0.05) is 19.9 Å². The molecule has 26 heavy (non-hydrogen) atoms. The Morgan fingerprint density at radius 2 is 1.38 bits per heavy atom. The van der Waals surface area contributed by atoms with Gasteiger partial charge in [0.2, 0.25) is 11.8 Å². The Hall–Kier alpha value is -2.17. The van der Waals surface area contributed by atoms with E-state index >= 15 is 0 Å². The van der Waals surface area contributed by atoms with Crippen molar-refractivity contribution >= 4 is 17.8 Å². The Morgan fingerprint density at radius 1 is 0.923 bits per heavy atom. The molecule has 5 heteroatoms. The summed E-state index contributed by atoms with van der Waals surface area (Å²) in [7, 11) is 1.54. The van der Waals surface area contributed by atoms with Gasteiger partial charge >= 0.3 is 5.97 Å². The molecule has 1 aliphatic carbocycles. The first kappa shape index (κ1) is 18.6. The lowest BCUT2D eigenvalue weighted by Gasteiger charge is -2.55. The summed E-state index contributed by atoms with van der Waals surface area (Å²) in [5.41, 5.74) is -0.307. The van der Waals surface area contributed by atoms with E-state index in [0.29, 0.717) is 25.0 Å². The molecule has 3 rings (SSSR count). The van der Waals surface area contributed by atoms with Crippen LogP contribution in [-0.2, 0) is 14.4 Å². The third kappa shape index (κ3) is 2.83. The molecule has 1 saturated heterocycles. The highest BCUT2D eigenvalue weighted by Gasteiger charge is 2.63. The second kappa shape index (κ2) is 5.66. The van der Waals surface area contributed by atoms with Crippen molar-refractivity contribution < 1.29 is 19.1 Å². The van der Waals surface area contributed by atoms with Crippen molar-refractivity contribution in [3.8, 4) is 5.75 Å². The largest absolute Gasteiger partial charge is 0.426 e. The highest BCUT2D eigenvalue weighted by molar-refractivity contribution is 6.04. The summed E-state index contributed by atoms with van der Waals surface area (Å²) in [5.74, 6) is -0.269. The molecule has 1 aliphatic heterocycles. The Labute approximate surface area is 154 Å². The molecule has 2 aliphatic rings. The van der Waals surface area contributed by atoms with Gasteiger partial charge in [0.25, 0.3) is 0 Å². The third-order valence-corrected chi connectivity index (χ3v) is 5.88. The molecule has 1 aromatic rings. The normalized spacial score (nSPS) is 34.0. The molecule has 1 saturated carbocycles. The summed E-state index contributed by atoms with van der Waals surface area (Å²) in [6, 6.07) is 5.66. The van der Waals surface area contributed by atoms with Crippen molar-refractivity contribution in [1.29, 1.82) is 0 Å². The van der Waals surface area contributed by atoms with Crippen LogP contribution < -0.4 is 4.74 Å². The van der Waals surface area contributed by atoms with Gasteiger partial charge in [0.05, 0.1) is 5.41 Å². The van der Waals surface area contributed by atoms with Gasteiger partial charge in [-0.3, -0.25) is 19.3 Å². The van der Waals surface area contributed by atoms with E-state index in [1.54, 1.807) is 0 Å². The minimum Gasteiger partial charge on any atom is -0.426 e. The molecular weight excluding hydrogens is 330 g/mol. The maximum absolute atomic E-state index is 13.1. The molecule has 140 valence electrons. The monoisotopic (exact) mass is 357 g/mol. The zero-order valence-electron chi connectivity index (χ0n) is 16.4. The second-order valence-corrected chi connectivity index (χ2v) is 9.09. The highest BCUT2D eigenvalue weighted by atomic mass is 16.5. The number of benzene rings is 1. The van der Waals surface area contributed by atoms with Crippen LogP contribution in [0, 0.1) is 30.1 Å². The van der Waals surface area contributed by atoms with Crippen molar-refractivity contribution in [2.24, 2.45) is 16.2 Å². The molecular formula is C21H27NO4. The number of likely N-dealkylation sites (tertiary alicyclic amines) is 1. The SMILES string of the molecule is Cc1cc(C)cc(OC(=O)C2(C)CC3(C)CC(C)(C2)C(=O)N(C)C3=O)c1. The molecule has 0 radical (unpaired) electrons. The van der Waals surface area contributed by atoms with E-state index < -0.39 is 16.2 Å². The molecule has 2 atom stereocenters. The summed E-state index contributed by atoms with van der Waals surface area (Å²) in [4.78, 5) is 39.7. The standard InChI is InChI=1S/C21H27NO4/c1-13-7-14(2)9-15(8-13)26-18(25)21(5)11-19(3)10-20(4,12-21)17(24)22(6)16(19)23/h7-9H,10-12H2,1-6H3. The molecule has 0 aromatic heterocycles. The molecule has 2 unspecified atom stereocenters. The van der Waals surface area contributed by atoms with Crippen molar-refractivity contribution in [2.45, 2.75) is 53.9 Å². The maximum Gasteiger partial charge on any atom is 0.317 e. The number of ether oxygens (including phenoxy) is 1. The predicted octanol–water partition coefficient (Wildman–Crippen LogP) is 3.41. The van der Waals surface area contributed by atoms with Gasteiger partial charge in [0.15, 0.2) is 0 Å². The second-order valence-electron chi connectivity index (χ2n) is 9.09. The quantitative estimate of drug-likeness (QED) is 0.462. The summed E-state index contributed by atoms with van der Waals surface area (Å²) in [6.45, 7) is 9.44. The van der Waals surface area contributed by atoms with Crippen molar-refractivity contribution in [3.63, 3.8) is 0 Å². The topological polar surface area (TPSA) is 63.7 Å². The van der Waals surface area contributed by atoms with E-state index in [2.05, 4.69) is 0 Å². The molecule has 0 N–H and O–H groups in total. The van der Waals surface area contributed by atoms with Gasteiger partial charge in [-0.15, -0.1) is 0 Å². The molecule has 2 amide bonds. The molecule has 2 fully saturated rings. The summed E-state index contributed by atoms with van der Waals surface area (Å²) >= 11 is 0. The summed E-state index contributed by atoms with van der Waals surface area (Å²) in [6.07, 6.45) is 1.25. The van der Waals surface area contributed by atoms with E-state index in [1.807, 2.05) is 52.8 Å². The number of aryl methyl sites for hydroxylation is 2. The fourth-order valence-corrected chi connectivity index (χ4v) is 5.34. The van der Waals surface area contributed by atoms with Crippen LogP contribution in [0.25, 0.3) is 0 Å². The molecule has 1 heterocycles. The average Bonchev–Trinajstić information content (AvgIpc) is 2.49. The number of rotatable bonds is 2. The number of nitrogens with zero attached hydrogens (tertiary/aromatic N) is 1. The lowest BCUT2D eigenvalue weighted by molar-refractivity contribution is -0.181. The Balaban J connectivity index is 1.93. The van der Waals surface area contributed by atoms with Gasteiger partial charge in [0.1, 0.15) is 5.75 Å². The van der Waals surface area contributed by atoms with Crippen LogP contribution in [0.2, 0.25) is 0 Å². The maximum atomic E-state index is 13.1. The number of esters is 1. The zero-order chi connectivity index (χ0) is 19.5. The Kier molecular flexibility index (Phi) is 4.05. The molecule has 5 nitrogen and oxygen atoms in total. The summed E-state index contributed by atoms with van der Waals surface area (Å²) in [5, 5.41) is 0. The fourth-order valence-electron chi connectivity index (χ4n) is 5.34. The van der Waals surface area contributed by atoms with Crippen LogP contribution in [-0.4, -0.2) is 29.7 Å². The number of imide groups is 1. The van der Waals surface area contributed by atoms with Gasteiger partial charge in [-0.25, -0.2) is 0 Å². The number of hydrogen-bond acceptors (Lipinski definition) is 4. The van der Waals surface area contributed by atoms with Gasteiger partial charge in [-0.05, 0) is 63.3 Å². The van der Waals surface area contributed by atoms with Crippen LogP contribution in [0.5, 0.6) is 5.75 Å². The summed E-state index contributed by atoms with van der Waals surface area (Å²) < 4.78 is 5.70. The number of piperidine rings is 1. The zero-order valence-corrected chi connectivity index (χ0v) is 16.4. The lowest BCUT2D eigenvalue weighted by Crippen LogP contribution is -2.63. The number of amides is 2. The smallest absolute Gasteiger partial charge is 0.317 e. The number of hydrogen-bond donors (Lipinski definition) is 0. The molecule has 2 bridgehead atoms. The van der Waals surface area contributed by atoms with Gasteiger partial charge in [0, 0.05) is 17.9 Å². The highest BCUT2D eigenvalue weighted by Crippen LogP contribution is 2.58. The lowest BCUT2D eigenvalue weighted by atomic mass is 9.52. The first-order valence-electron chi connectivity index (χ1n) is 9.02. The van der Waals surface area contributed by atoms with Crippen LogP contribution in [0.1, 0.15) is 51.2 Å². The van der Waals surface area contributed by atoms with Crippen LogP contribution >= 0.6 is 0 Å². The van der Waals surface area contributed by atoms with Crippen LogP contribution in [0.4, 0.5) is 0 Å². The molecule has 0 spiro atoms.